The normalized spacial score (nSPS) is 22.2. The van der Waals surface area contributed by atoms with Gasteiger partial charge in [0.2, 0.25) is 5.91 Å². The van der Waals surface area contributed by atoms with Gasteiger partial charge in [-0.05, 0) is 37.5 Å². The Balaban J connectivity index is 2.28. The molecule has 1 saturated heterocycles. The van der Waals surface area contributed by atoms with E-state index in [4.69, 9.17) is 9.47 Å². The maximum Gasteiger partial charge on any atom is 0.220 e. The van der Waals surface area contributed by atoms with Gasteiger partial charge in [-0.15, -0.1) is 0 Å². The highest BCUT2D eigenvalue weighted by atomic mass is 16.5. The van der Waals surface area contributed by atoms with Crippen LogP contribution in [0.25, 0.3) is 0 Å². The number of methoxy groups -OCH3 is 2. The minimum atomic E-state index is -0.142. The Labute approximate surface area is 114 Å². The molecule has 1 aromatic rings. The molecule has 0 saturated carbocycles. The van der Waals surface area contributed by atoms with E-state index in [-0.39, 0.29) is 11.4 Å². The maximum absolute atomic E-state index is 11.5. The van der Waals surface area contributed by atoms with Crippen molar-refractivity contribution in [3.63, 3.8) is 0 Å². The summed E-state index contributed by atoms with van der Waals surface area (Å²) in [5.74, 6) is 1.80. The van der Waals surface area contributed by atoms with E-state index in [0.29, 0.717) is 6.42 Å². The Morgan fingerprint density at radius 2 is 2.11 bits per heavy atom. The van der Waals surface area contributed by atoms with E-state index in [0.717, 1.165) is 36.3 Å². The van der Waals surface area contributed by atoms with Gasteiger partial charge in [0, 0.05) is 17.5 Å². The second kappa shape index (κ2) is 5.51. The number of amides is 1. The Hall–Kier alpha value is -1.71. The molecule has 1 N–H and O–H groups in total. The predicted octanol–water partition coefficient (Wildman–Crippen LogP) is 2.31. The van der Waals surface area contributed by atoms with E-state index in [1.807, 2.05) is 18.2 Å². The number of rotatable bonds is 5. The van der Waals surface area contributed by atoms with Gasteiger partial charge in [0.05, 0.1) is 14.2 Å². The number of nitrogens with one attached hydrogen (secondary N) is 1. The second-order valence-corrected chi connectivity index (χ2v) is 5.04. The summed E-state index contributed by atoms with van der Waals surface area (Å²) in [5.41, 5.74) is 0.933. The summed E-state index contributed by atoms with van der Waals surface area (Å²) in [6.45, 7) is 2.11. The van der Waals surface area contributed by atoms with Crippen LogP contribution in [0.3, 0.4) is 0 Å². The third-order valence-electron chi connectivity index (χ3n) is 3.93. The van der Waals surface area contributed by atoms with Crippen LogP contribution < -0.4 is 14.8 Å². The van der Waals surface area contributed by atoms with E-state index in [9.17, 15) is 4.79 Å². The van der Waals surface area contributed by atoms with Crippen molar-refractivity contribution in [2.24, 2.45) is 0 Å². The van der Waals surface area contributed by atoms with Gasteiger partial charge in [0.1, 0.15) is 11.5 Å². The van der Waals surface area contributed by atoms with Crippen LogP contribution in [0.15, 0.2) is 18.2 Å². The minimum Gasteiger partial charge on any atom is -0.497 e. The number of hydrogen-bond donors (Lipinski definition) is 1. The second-order valence-electron chi connectivity index (χ2n) is 5.04. The zero-order chi connectivity index (χ0) is 13.9. The van der Waals surface area contributed by atoms with E-state index in [1.54, 1.807) is 14.2 Å². The Morgan fingerprint density at radius 1 is 1.32 bits per heavy atom. The lowest BCUT2D eigenvalue weighted by atomic mass is 9.86. The molecule has 1 heterocycles. The van der Waals surface area contributed by atoms with Crippen molar-refractivity contribution in [2.45, 2.75) is 38.1 Å². The summed E-state index contributed by atoms with van der Waals surface area (Å²) in [5, 5.41) is 3.12. The number of hydrogen-bond acceptors (Lipinski definition) is 3. The maximum atomic E-state index is 11.5. The first-order valence-electron chi connectivity index (χ1n) is 6.64. The van der Waals surface area contributed by atoms with Gasteiger partial charge < -0.3 is 14.8 Å². The lowest BCUT2D eigenvalue weighted by molar-refractivity contribution is -0.119. The van der Waals surface area contributed by atoms with Crippen LogP contribution in [0.4, 0.5) is 0 Å². The molecule has 4 nitrogen and oxygen atoms in total. The van der Waals surface area contributed by atoms with Crippen molar-refractivity contribution in [1.82, 2.24) is 5.32 Å². The number of ether oxygens (including phenoxy) is 2. The van der Waals surface area contributed by atoms with E-state index < -0.39 is 0 Å². The quantitative estimate of drug-likeness (QED) is 0.886. The number of carbonyl (C=O) groups is 1. The molecule has 0 radical (unpaired) electrons. The summed E-state index contributed by atoms with van der Waals surface area (Å²) in [7, 11) is 3.32. The molecule has 0 spiro atoms. The summed E-state index contributed by atoms with van der Waals surface area (Å²) in [6, 6.07) is 5.78. The molecular weight excluding hydrogens is 242 g/mol. The van der Waals surface area contributed by atoms with Gasteiger partial charge in [-0.1, -0.05) is 6.92 Å². The van der Waals surface area contributed by atoms with Crippen LogP contribution >= 0.6 is 0 Å². The fraction of sp³-hybridized carbons (Fsp3) is 0.533. The average molecular weight is 263 g/mol. The first kappa shape index (κ1) is 13.7. The highest BCUT2D eigenvalue weighted by Crippen LogP contribution is 2.33. The summed E-state index contributed by atoms with van der Waals surface area (Å²) >= 11 is 0. The van der Waals surface area contributed by atoms with Gasteiger partial charge in [0.25, 0.3) is 0 Å². The van der Waals surface area contributed by atoms with Crippen molar-refractivity contribution >= 4 is 5.91 Å². The largest absolute Gasteiger partial charge is 0.497 e. The van der Waals surface area contributed by atoms with E-state index in [2.05, 4.69) is 12.2 Å². The molecule has 1 atom stereocenters. The summed E-state index contributed by atoms with van der Waals surface area (Å²) in [6.07, 6.45) is 3.18. The Morgan fingerprint density at radius 3 is 2.63 bits per heavy atom. The third kappa shape index (κ3) is 2.83. The molecule has 1 aromatic carbocycles. The highest BCUT2D eigenvalue weighted by molar-refractivity contribution is 5.79. The highest BCUT2D eigenvalue weighted by Gasteiger charge is 2.36. The fourth-order valence-corrected chi connectivity index (χ4v) is 2.68. The lowest BCUT2D eigenvalue weighted by Crippen LogP contribution is -2.43. The molecule has 104 valence electrons. The Kier molecular flexibility index (Phi) is 3.98. The molecule has 0 aliphatic carbocycles. The van der Waals surface area contributed by atoms with Crippen molar-refractivity contribution < 1.29 is 14.3 Å². The molecule has 4 heteroatoms. The summed E-state index contributed by atoms with van der Waals surface area (Å²) in [4.78, 5) is 11.5. The zero-order valence-corrected chi connectivity index (χ0v) is 11.8. The lowest BCUT2D eigenvalue weighted by Gasteiger charge is -2.28. The molecule has 0 bridgehead atoms. The molecule has 1 aliphatic heterocycles. The Bertz CT molecular complexity index is 472. The number of carbonyl (C=O) groups excluding carboxylic acids is 1. The molecule has 19 heavy (non-hydrogen) atoms. The van der Waals surface area contributed by atoms with Crippen molar-refractivity contribution in [3.05, 3.63) is 23.8 Å². The minimum absolute atomic E-state index is 0.142. The average Bonchev–Trinajstić information content (AvgIpc) is 2.80. The van der Waals surface area contributed by atoms with Crippen LogP contribution in [0.1, 0.15) is 31.7 Å². The van der Waals surface area contributed by atoms with E-state index >= 15 is 0 Å². The summed E-state index contributed by atoms with van der Waals surface area (Å²) < 4.78 is 10.7. The number of benzene rings is 1. The van der Waals surface area contributed by atoms with Crippen LogP contribution in [0.5, 0.6) is 11.5 Å². The molecule has 2 rings (SSSR count). The first-order valence-corrected chi connectivity index (χ1v) is 6.64. The predicted molar refractivity (Wildman–Crippen MR) is 73.6 cm³/mol. The van der Waals surface area contributed by atoms with Crippen molar-refractivity contribution in [3.8, 4) is 11.5 Å². The van der Waals surface area contributed by atoms with Crippen LogP contribution in [0.2, 0.25) is 0 Å². The van der Waals surface area contributed by atoms with Gasteiger partial charge in [0.15, 0.2) is 0 Å². The van der Waals surface area contributed by atoms with Crippen LogP contribution in [-0.2, 0) is 11.2 Å². The van der Waals surface area contributed by atoms with Gasteiger partial charge in [-0.25, -0.2) is 0 Å². The molecule has 1 amide bonds. The van der Waals surface area contributed by atoms with Gasteiger partial charge in [-0.2, -0.15) is 0 Å². The SMILES string of the molecule is CCC1(Cc2cc(OC)ccc2OC)CCC(=O)N1. The van der Waals surface area contributed by atoms with Gasteiger partial charge in [-0.3, -0.25) is 4.79 Å². The smallest absolute Gasteiger partial charge is 0.220 e. The monoisotopic (exact) mass is 263 g/mol. The topological polar surface area (TPSA) is 47.6 Å². The molecule has 0 aromatic heterocycles. The standard InChI is InChI=1S/C15H21NO3/c1-4-15(8-7-14(17)16-15)10-11-9-12(18-2)5-6-13(11)19-3/h5-6,9H,4,7-8,10H2,1-3H3,(H,16,17). The van der Waals surface area contributed by atoms with Crippen molar-refractivity contribution in [1.29, 1.82) is 0 Å². The molecule has 1 fully saturated rings. The molecule has 1 unspecified atom stereocenters. The van der Waals surface area contributed by atoms with Crippen LogP contribution in [0, 0.1) is 0 Å². The van der Waals surface area contributed by atoms with Crippen molar-refractivity contribution in [2.75, 3.05) is 14.2 Å². The van der Waals surface area contributed by atoms with Crippen LogP contribution in [-0.4, -0.2) is 25.7 Å². The molecule has 1 aliphatic rings. The molecular formula is C15H21NO3. The zero-order valence-electron chi connectivity index (χ0n) is 11.8. The first-order chi connectivity index (χ1) is 9.12. The van der Waals surface area contributed by atoms with E-state index in [1.165, 1.54) is 0 Å². The fourth-order valence-electron chi connectivity index (χ4n) is 2.68. The third-order valence-corrected chi connectivity index (χ3v) is 3.93. The van der Waals surface area contributed by atoms with Gasteiger partial charge >= 0.3 is 0 Å².